The van der Waals surface area contributed by atoms with Crippen LogP contribution in [0.4, 0.5) is 0 Å². The smallest absolute Gasteiger partial charge is 0.352 e. The molecule has 2 amide bonds. The number of carboxylic acids is 1. The van der Waals surface area contributed by atoms with Crippen LogP contribution in [0.2, 0.25) is 0 Å². The number of fused-ring (bicyclic) bond motifs is 1. The number of carboxylic acid groups (broad SMARTS) is 1. The number of β-lactam (4-membered cyclic amide) rings is 1. The lowest BCUT2D eigenvalue weighted by atomic mass is 10.0. The largest absolute Gasteiger partial charge is 0.477 e. The molecule has 0 radical (unpaired) electrons. The molecule has 1 aromatic rings. The quantitative estimate of drug-likeness (QED) is 0.367. The molecule has 2 aliphatic rings. The number of nitrogens with one attached hydrogen (secondary N) is 1. The molecule has 2 N–H and O–H groups in total. The van der Waals surface area contributed by atoms with Crippen LogP contribution in [0.3, 0.4) is 0 Å². The maximum absolute atomic E-state index is 12.5. The minimum atomic E-state index is -1.12. The number of alkyl halides is 1. The Hall–Kier alpha value is -1.81. The van der Waals surface area contributed by atoms with Crippen LogP contribution < -0.4 is 5.32 Å². The number of carbonyl (C=O) groups is 3. The maximum atomic E-state index is 12.5. The number of halogens is 1. The average Bonchev–Trinajstić information content (AvgIpc) is 2.64. The molecule has 1 fully saturated rings. The Morgan fingerprint density at radius 3 is 2.73 bits per heavy atom. The SMILES string of the molecule is O=C(Cc1ccccc1)N[C@@H]1C(=O)N2C(C(=O)O)=C(C=CCI)CS[C@@H]12. The molecular formula is C18H17IN2O4S. The fraction of sp³-hybridized carbons (Fsp3) is 0.278. The predicted molar refractivity (Wildman–Crippen MR) is 108 cm³/mol. The van der Waals surface area contributed by atoms with Crippen molar-refractivity contribution in [3.8, 4) is 0 Å². The highest BCUT2D eigenvalue weighted by molar-refractivity contribution is 14.1. The fourth-order valence-electron chi connectivity index (χ4n) is 2.96. The van der Waals surface area contributed by atoms with Crippen LogP contribution in [0, 0.1) is 0 Å². The number of carbonyl (C=O) groups excluding carboxylic acids is 2. The second-order valence-corrected chi connectivity index (χ2v) is 7.84. The lowest BCUT2D eigenvalue weighted by molar-refractivity contribution is -0.150. The minimum absolute atomic E-state index is 0.0217. The Balaban J connectivity index is 1.71. The summed E-state index contributed by atoms with van der Waals surface area (Å²) in [5.41, 5.74) is 1.51. The molecule has 26 heavy (non-hydrogen) atoms. The minimum Gasteiger partial charge on any atom is -0.477 e. The summed E-state index contributed by atoms with van der Waals surface area (Å²) in [6.45, 7) is 0. The van der Waals surface area contributed by atoms with Gasteiger partial charge >= 0.3 is 5.97 Å². The first kappa shape index (κ1) is 19.0. The molecule has 0 unspecified atom stereocenters. The van der Waals surface area contributed by atoms with Gasteiger partial charge in [-0.15, -0.1) is 11.8 Å². The lowest BCUT2D eigenvalue weighted by Gasteiger charge is -2.49. The summed E-state index contributed by atoms with van der Waals surface area (Å²) in [4.78, 5) is 37.7. The third-order valence-corrected chi connectivity index (χ3v) is 5.94. The molecule has 2 aliphatic heterocycles. The zero-order chi connectivity index (χ0) is 18.7. The number of allylic oxidation sites excluding steroid dienone is 2. The molecule has 3 rings (SSSR count). The highest BCUT2D eigenvalue weighted by Gasteiger charge is 2.53. The molecule has 0 bridgehead atoms. The van der Waals surface area contributed by atoms with Crippen LogP contribution in [-0.2, 0) is 20.8 Å². The number of benzene rings is 1. The van der Waals surface area contributed by atoms with Gasteiger partial charge < -0.3 is 10.4 Å². The van der Waals surface area contributed by atoms with Crippen LogP contribution in [0.25, 0.3) is 0 Å². The Morgan fingerprint density at radius 1 is 1.35 bits per heavy atom. The highest BCUT2D eigenvalue weighted by atomic mass is 127. The molecule has 8 heteroatoms. The van der Waals surface area contributed by atoms with Crippen molar-refractivity contribution >= 4 is 52.1 Å². The zero-order valence-corrected chi connectivity index (χ0v) is 16.7. The summed E-state index contributed by atoms with van der Waals surface area (Å²) in [7, 11) is 0. The Bertz CT molecular complexity index is 794. The normalized spacial score (nSPS) is 22.2. The zero-order valence-electron chi connectivity index (χ0n) is 13.7. The van der Waals surface area contributed by atoms with E-state index in [0.29, 0.717) is 11.3 Å². The Labute approximate surface area is 168 Å². The van der Waals surface area contributed by atoms with E-state index in [1.165, 1.54) is 16.7 Å². The molecule has 0 aliphatic carbocycles. The van der Waals surface area contributed by atoms with E-state index in [9.17, 15) is 19.5 Å². The second-order valence-electron chi connectivity index (χ2n) is 5.85. The summed E-state index contributed by atoms with van der Waals surface area (Å²) in [5, 5.41) is 11.9. The van der Waals surface area contributed by atoms with Gasteiger partial charge in [-0.05, 0) is 11.1 Å². The van der Waals surface area contributed by atoms with Crippen LogP contribution >= 0.6 is 34.4 Å². The van der Waals surface area contributed by atoms with Gasteiger partial charge in [-0.2, -0.15) is 0 Å². The number of nitrogens with zero attached hydrogens (tertiary/aromatic N) is 1. The van der Waals surface area contributed by atoms with E-state index >= 15 is 0 Å². The van der Waals surface area contributed by atoms with E-state index in [2.05, 4.69) is 27.9 Å². The van der Waals surface area contributed by atoms with E-state index in [1.54, 1.807) is 6.08 Å². The Kier molecular flexibility index (Phi) is 6.02. The van der Waals surface area contributed by atoms with Crippen molar-refractivity contribution < 1.29 is 19.5 Å². The van der Waals surface area contributed by atoms with Crippen molar-refractivity contribution in [2.45, 2.75) is 17.8 Å². The Morgan fingerprint density at radius 2 is 2.08 bits per heavy atom. The van der Waals surface area contributed by atoms with Crippen LogP contribution in [-0.4, -0.2) is 49.4 Å². The number of rotatable bonds is 6. The van der Waals surface area contributed by atoms with Gasteiger partial charge in [0.25, 0.3) is 5.91 Å². The van der Waals surface area contributed by atoms with Crippen molar-refractivity contribution in [1.82, 2.24) is 10.2 Å². The molecule has 1 saturated heterocycles. The third kappa shape index (κ3) is 3.80. The molecule has 1 aromatic carbocycles. The first-order valence-corrected chi connectivity index (χ1v) is 10.6. The van der Waals surface area contributed by atoms with Crippen LogP contribution in [0.5, 0.6) is 0 Å². The topological polar surface area (TPSA) is 86.7 Å². The van der Waals surface area contributed by atoms with Gasteiger partial charge in [-0.25, -0.2) is 4.79 Å². The summed E-state index contributed by atoms with van der Waals surface area (Å²) in [6, 6.07) is 8.59. The third-order valence-electron chi connectivity index (χ3n) is 4.13. The van der Waals surface area contributed by atoms with E-state index in [-0.39, 0.29) is 29.3 Å². The second kappa shape index (κ2) is 8.26. The van der Waals surface area contributed by atoms with Crippen molar-refractivity contribution in [2.24, 2.45) is 0 Å². The fourth-order valence-corrected chi connectivity index (χ4v) is 4.54. The lowest BCUT2D eigenvalue weighted by Crippen LogP contribution is -2.70. The standard InChI is InChI=1S/C18H17IN2O4S/c19-8-4-7-12-10-26-17-14(16(23)21(17)15(12)18(24)25)20-13(22)9-11-5-2-1-3-6-11/h1-7,14,17H,8-10H2,(H,20,22)(H,24,25)/t14-,17+/m1/s1. The molecule has 136 valence electrons. The van der Waals surface area contributed by atoms with Gasteiger partial charge in [-0.3, -0.25) is 14.5 Å². The molecule has 2 heterocycles. The molecule has 0 saturated carbocycles. The summed E-state index contributed by atoms with van der Waals surface area (Å²) in [5.74, 6) is -1.24. The van der Waals surface area contributed by atoms with E-state index in [4.69, 9.17) is 0 Å². The predicted octanol–water partition coefficient (Wildman–Crippen LogP) is 1.96. The molecule has 6 nitrogen and oxygen atoms in total. The number of amides is 2. The van der Waals surface area contributed by atoms with Crippen molar-refractivity contribution in [2.75, 3.05) is 10.2 Å². The first-order chi connectivity index (χ1) is 12.5. The number of hydrogen-bond acceptors (Lipinski definition) is 4. The van der Waals surface area contributed by atoms with Gasteiger partial charge in [0.05, 0.1) is 6.42 Å². The van der Waals surface area contributed by atoms with E-state index in [0.717, 1.165) is 9.99 Å². The average molecular weight is 484 g/mol. The number of thioether (sulfide) groups is 1. The van der Waals surface area contributed by atoms with Gasteiger partial charge in [0.1, 0.15) is 17.1 Å². The van der Waals surface area contributed by atoms with Crippen LogP contribution in [0.15, 0.2) is 53.8 Å². The van der Waals surface area contributed by atoms with Gasteiger partial charge in [-0.1, -0.05) is 65.1 Å². The van der Waals surface area contributed by atoms with Crippen molar-refractivity contribution in [3.63, 3.8) is 0 Å². The van der Waals surface area contributed by atoms with Crippen LogP contribution in [0.1, 0.15) is 5.56 Å². The van der Waals surface area contributed by atoms with E-state index < -0.39 is 12.0 Å². The molecule has 0 spiro atoms. The van der Waals surface area contributed by atoms with Gasteiger partial charge in [0.15, 0.2) is 0 Å². The molecule has 0 aromatic heterocycles. The summed E-state index contributed by atoms with van der Waals surface area (Å²) < 4.78 is 0.758. The first-order valence-electron chi connectivity index (χ1n) is 8.00. The summed E-state index contributed by atoms with van der Waals surface area (Å²) in [6.07, 6.45) is 3.81. The molecular weight excluding hydrogens is 467 g/mol. The maximum Gasteiger partial charge on any atom is 0.352 e. The summed E-state index contributed by atoms with van der Waals surface area (Å²) >= 11 is 3.64. The number of hydrogen-bond donors (Lipinski definition) is 2. The number of aliphatic carboxylic acids is 1. The van der Waals surface area contributed by atoms with Crippen molar-refractivity contribution in [3.05, 3.63) is 59.3 Å². The van der Waals surface area contributed by atoms with Crippen molar-refractivity contribution in [1.29, 1.82) is 0 Å². The monoisotopic (exact) mass is 484 g/mol. The molecule has 2 atom stereocenters. The van der Waals surface area contributed by atoms with E-state index in [1.807, 2.05) is 36.4 Å². The highest BCUT2D eigenvalue weighted by Crippen LogP contribution is 2.40. The van der Waals surface area contributed by atoms with Gasteiger partial charge in [0.2, 0.25) is 5.91 Å². The van der Waals surface area contributed by atoms with Gasteiger partial charge in [0, 0.05) is 10.2 Å².